The number of benzene rings is 1. The van der Waals surface area contributed by atoms with Gasteiger partial charge in [-0.2, -0.15) is 0 Å². The number of ether oxygens (including phenoxy) is 1. The maximum atomic E-state index is 5.92. The molecule has 0 aromatic heterocycles. The SMILES string of the molecule is CC(C)(C)Oc1cc(CC[SiH3])ccc1I. The average molecular weight is 334 g/mol. The first-order valence-electron chi connectivity index (χ1n) is 5.40. The highest BCUT2D eigenvalue weighted by Gasteiger charge is 2.14. The Hall–Kier alpha value is -0.0331. The lowest BCUT2D eigenvalue weighted by Crippen LogP contribution is -2.23. The minimum Gasteiger partial charge on any atom is -0.487 e. The molecule has 0 saturated carbocycles. The molecule has 0 saturated heterocycles. The maximum absolute atomic E-state index is 5.92. The molecule has 0 aliphatic carbocycles. The first kappa shape index (κ1) is 13.0. The molecule has 0 bridgehead atoms. The van der Waals surface area contributed by atoms with Gasteiger partial charge in [0.2, 0.25) is 0 Å². The summed E-state index contributed by atoms with van der Waals surface area (Å²) in [4.78, 5) is 0. The van der Waals surface area contributed by atoms with Gasteiger partial charge in [0.25, 0.3) is 0 Å². The van der Waals surface area contributed by atoms with Gasteiger partial charge in [-0.15, -0.1) is 0 Å². The maximum Gasteiger partial charge on any atom is 0.133 e. The zero-order valence-corrected chi connectivity index (χ0v) is 14.1. The second-order valence-corrected chi connectivity index (χ2v) is 6.89. The Kier molecular flexibility index (Phi) is 4.64. The van der Waals surface area contributed by atoms with Crippen LogP contribution in [0.15, 0.2) is 18.2 Å². The van der Waals surface area contributed by atoms with E-state index in [2.05, 4.69) is 61.6 Å². The van der Waals surface area contributed by atoms with Crippen molar-refractivity contribution in [3.63, 3.8) is 0 Å². The number of rotatable bonds is 3. The van der Waals surface area contributed by atoms with Gasteiger partial charge in [-0.1, -0.05) is 12.1 Å². The van der Waals surface area contributed by atoms with Crippen LogP contribution in [0.4, 0.5) is 0 Å². The summed E-state index contributed by atoms with van der Waals surface area (Å²) in [6.07, 6.45) is 1.18. The average Bonchev–Trinajstić information content (AvgIpc) is 2.09. The molecule has 1 rings (SSSR count). The Balaban J connectivity index is 2.90. The van der Waals surface area contributed by atoms with E-state index in [1.54, 1.807) is 0 Å². The summed E-state index contributed by atoms with van der Waals surface area (Å²) in [7, 11) is 1.27. The highest BCUT2D eigenvalue weighted by atomic mass is 127. The lowest BCUT2D eigenvalue weighted by molar-refractivity contribution is 0.129. The van der Waals surface area contributed by atoms with Crippen LogP contribution in [0.25, 0.3) is 0 Å². The molecule has 3 heteroatoms. The molecule has 0 aliphatic heterocycles. The monoisotopic (exact) mass is 334 g/mol. The van der Waals surface area contributed by atoms with E-state index in [0.29, 0.717) is 0 Å². The van der Waals surface area contributed by atoms with E-state index in [1.807, 2.05) is 0 Å². The Morgan fingerprint density at radius 2 is 2.00 bits per heavy atom. The molecule has 0 radical (unpaired) electrons. The molecule has 0 N–H and O–H groups in total. The van der Waals surface area contributed by atoms with Crippen LogP contribution in [0.1, 0.15) is 26.3 Å². The molecule has 0 spiro atoms. The number of hydrogen-bond acceptors (Lipinski definition) is 1. The van der Waals surface area contributed by atoms with Crippen molar-refractivity contribution in [1.82, 2.24) is 0 Å². The van der Waals surface area contributed by atoms with Gasteiger partial charge in [0.05, 0.1) is 3.57 Å². The van der Waals surface area contributed by atoms with Crippen LogP contribution >= 0.6 is 22.6 Å². The highest BCUT2D eigenvalue weighted by molar-refractivity contribution is 14.1. The second kappa shape index (κ2) is 5.34. The summed E-state index contributed by atoms with van der Waals surface area (Å²) < 4.78 is 7.12. The van der Waals surface area contributed by atoms with Crippen LogP contribution in [0, 0.1) is 3.57 Å². The minimum atomic E-state index is -0.112. The van der Waals surface area contributed by atoms with Crippen LogP contribution in [0.5, 0.6) is 5.75 Å². The third kappa shape index (κ3) is 4.55. The molecule has 1 aromatic rings. The number of halogens is 1. The summed E-state index contributed by atoms with van der Waals surface area (Å²) in [5.74, 6) is 1.02. The Bertz CT molecular complexity index is 331. The molecular formula is C12H19IOSi. The summed E-state index contributed by atoms with van der Waals surface area (Å²) in [6.45, 7) is 6.26. The van der Waals surface area contributed by atoms with E-state index < -0.39 is 0 Å². The molecule has 1 aromatic carbocycles. The zero-order valence-electron chi connectivity index (χ0n) is 9.93. The zero-order chi connectivity index (χ0) is 11.5. The van der Waals surface area contributed by atoms with Gasteiger partial charge in [0, 0.05) is 10.2 Å². The van der Waals surface area contributed by atoms with Crippen LogP contribution in [-0.2, 0) is 6.42 Å². The Morgan fingerprint density at radius 3 is 2.53 bits per heavy atom. The second-order valence-electron chi connectivity index (χ2n) is 4.73. The third-order valence-electron chi connectivity index (χ3n) is 1.95. The van der Waals surface area contributed by atoms with Crippen molar-refractivity contribution in [2.24, 2.45) is 0 Å². The van der Waals surface area contributed by atoms with Crippen molar-refractivity contribution in [3.05, 3.63) is 27.3 Å². The van der Waals surface area contributed by atoms with Crippen LogP contribution < -0.4 is 4.74 Å². The standard InChI is InChI=1S/C12H19IOSi/c1-12(2,3)14-11-8-9(6-7-15)4-5-10(11)13/h4-5,8H,6-7H2,1-3,15H3. The summed E-state index contributed by atoms with van der Waals surface area (Å²) in [5.41, 5.74) is 1.28. The highest BCUT2D eigenvalue weighted by Crippen LogP contribution is 2.26. The van der Waals surface area contributed by atoms with Crippen molar-refractivity contribution >= 4 is 32.8 Å². The van der Waals surface area contributed by atoms with Crippen LogP contribution in [-0.4, -0.2) is 15.8 Å². The predicted octanol–water partition coefficient (Wildman–Crippen LogP) is 2.79. The minimum absolute atomic E-state index is 0.112. The summed E-state index contributed by atoms with van der Waals surface area (Å²) >= 11 is 2.33. The number of hydrogen-bond donors (Lipinski definition) is 0. The fourth-order valence-corrected chi connectivity index (χ4v) is 2.42. The molecule has 0 unspecified atom stereocenters. The fraction of sp³-hybridized carbons (Fsp3) is 0.500. The molecule has 1 nitrogen and oxygen atoms in total. The van der Waals surface area contributed by atoms with Gasteiger partial charge in [0.1, 0.15) is 11.4 Å². The fourth-order valence-electron chi connectivity index (χ4n) is 1.40. The normalized spacial score (nSPS) is 11.7. The molecule has 0 heterocycles. The lowest BCUT2D eigenvalue weighted by atomic mass is 10.1. The van der Waals surface area contributed by atoms with E-state index in [-0.39, 0.29) is 5.60 Å². The summed E-state index contributed by atoms with van der Waals surface area (Å²) in [5, 5.41) is 0. The van der Waals surface area contributed by atoms with E-state index in [0.717, 1.165) is 5.75 Å². The third-order valence-corrected chi connectivity index (χ3v) is 3.34. The van der Waals surface area contributed by atoms with Gasteiger partial charge < -0.3 is 4.74 Å². The molecule has 84 valence electrons. The largest absolute Gasteiger partial charge is 0.487 e. The van der Waals surface area contributed by atoms with Crippen molar-refractivity contribution in [2.75, 3.05) is 0 Å². The quantitative estimate of drug-likeness (QED) is 0.610. The van der Waals surface area contributed by atoms with E-state index in [9.17, 15) is 0 Å². The number of aryl methyl sites for hydroxylation is 1. The molecule has 0 aliphatic rings. The molecule has 15 heavy (non-hydrogen) atoms. The van der Waals surface area contributed by atoms with Gasteiger partial charge in [-0.25, -0.2) is 0 Å². The molecule has 0 atom stereocenters. The van der Waals surface area contributed by atoms with E-state index in [4.69, 9.17) is 4.74 Å². The Morgan fingerprint density at radius 1 is 1.33 bits per heavy atom. The van der Waals surface area contributed by atoms with Crippen molar-refractivity contribution in [3.8, 4) is 5.75 Å². The van der Waals surface area contributed by atoms with Gasteiger partial charge in [-0.3, -0.25) is 0 Å². The molecule has 0 amide bonds. The molecular weight excluding hydrogens is 315 g/mol. The first-order chi connectivity index (χ1) is 6.92. The van der Waals surface area contributed by atoms with Crippen LogP contribution in [0.2, 0.25) is 6.04 Å². The van der Waals surface area contributed by atoms with E-state index >= 15 is 0 Å². The van der Waals surface area contributed by atoms with Crippen molar-refractivity contribution in [2.45, 2.75) is 38.8 Å². The Labute approximate surface area is 109 Å². The smallest absolute Gasteiger partial charge is 0.133 e. The molecule has 0 fully saturated rings. The topological polar surface area (TPSA) is 9.23 Å². The lowest BCUT2D eigenvalue weighted by Gasteiger charge is -2.22. The first-order valence-corrected chi connectivity index (χ1v) is 7.89. The van der Waals surface area contributed by atoms with Gasteiger partial charge >= 0.3 is 0 Å². The van der Waals surface area contributed by atoms with Gasteiger partial charge in [0.15, 0.2) is 0 Å². The van der Waals surface area contributed by atoms with Crippen molar-refractivity contribution in [1.29, 1.82) is 0 Å². The van der Waals surface area contributed by atoms with Crippen molar-refractivity contribution < 1.29 is 4.74 Å². The van der Waals surface area contributed by atoms with Gasteiger partial charge in [-0.05, 0) is 67.5 Å². The predicted molar refractivity (Wildman–Crippen MR) is 78.0 cm³/mol. The van der Waals surface area contributed by atoms with E-state index in [1.165, 1.54) is 31.8 Å². The van der Waals surface area contributed by atoms with Crippen LogP contribution in [0.3, 0.4) is 0 Å². The summed E-state index contributed by atoms with van der Waals surface area (Å²) in [6, 6.07) is 7.85.